The number of unbranched alkanes of at least 4 members (excludes halogenated alkanes) is 10. The summed E-state index contributed by atoms with van der Waals surface area (Å²) in [6.07, 6.45) is 56.2. The minimum Gasteiger partial charge on any atom is -0.0776 e. The molecule has 6 unspecified atom stereocenters. The molecule has 0 bridgehead atoms. The number of rotatable bonds is 34. The average Bonchev–Trinajstić information content (AvgIpc) is 3.24. The normalized spacial score (nSPS) is 19.7. The lowest BCUT2D eigenvalue weighted by molar-refractivity contribution is -0.145. The molecule has 6 atom stereocenters. The molecule has 424 valence electrons. The zero-order chi connectivity index (χ0) is 52.3. The molecule has 0 saturated heterocycles. The maximum atomic E-state index is 2.72. The molecule has 3 aliphatic rings. The molecule has 0 aromatic rings. The summed E-state index contributed by atoms with van der Waals surface area (Å²) >= 11 is 0. The minimum atomic E-state index is 0. The van der Waals surface area contributed by atoms with Crippen LogP contribution in [0.15, 0.2) is 0 Å². The van der Waals surface area contributed by atoms with Crippen LogP contribution >= 0.6 is 0 Å². The molecule has 3 aliphatic carbocycles. The second-order valence-electron chi connectivity index (χ2n) is 26.7. The molecule has 3 fully saturated rings. The van der Waals surface area contributed by atoms with E-state index in [0.717, 1.165) is 0 Å². The Kier molecular flexibility index (Phi) is 41.8. The van der Waals surface area contributed by atoms with Crippen molar-refractivity contribution in [1.82, 2.24) is 0 Å². The summed E-state index contributed by atoms with van der Waals surface area (Å²) < 4.78 is 0. The van der Waals surface area contributed by atoms with Gasteiger partial charge in [-0.2, -0.15) is 0 Å². The van der Waals surface area contributed by atoms with Crippen LogP contribution in [0.4, 0.5) is 0 Å². The van der Waals surface area contributed by atoms with E-state index >= 15 is 0 Å². The minimum absolute atomic E-state index is 0. The van der Waals surface area contributed by atoms with Crippen LogP contribution in [0.1, 0.15) is 406 Å². The molecular formula is C69H148. The topological polar surface area (TPSA) is 0 Å². The summed E-state index contributed by atoms with van der Waals surface area (Å²) in [6, 6.07) is 0. The second-order valence-corrected chi connectivity index (χ2v) is 26.7. The van der Waals surface area contributed by atoms with Crippen molar-refractivity contribution in [2.45, 2.75) is 403 Å². The van der Waals surface area contributed by atoms with Crippen molar-refractivity contribution < 1.29 is 2.85 Å². The SMILES string of the molecule is C.C1CCC1.C1CCC1.C1CCC1.CCCCCC(C)(C)C(C)(CCCC)C(C)(CCCC)C(C)(CC)CCCC.CCCCCC(C)(C)C(C)(CCCC)C(C)(CCCC)C(C)(CC)CCCC.[3HH].[3HH]. The molecule has 3 rings (SSSR count). The molecule has 0 heterocycles. The molecule has 0 spiro atoms. The van der Waals surface area contributed by atoms with Crippen molar-refractivity contribution in [2.75, 3.05) is 0 Å². The molecule has 0 aromatic carbocycles. The third kappa shape index (κ3) is 22.8. The molecule has 0 amide bonds. The molecule has 0 heteroatoms. The Morgan fingerprint density at radius 1 is 0.232 bits per heavy atom. The van der Waals surface area contributed by atoms with Gasteiger partial charge in [-0.05, 0) is 94.7 Å². The highest BCUT2D eigenvalue weighted by atomic mass is 14.6. The summed E-state index contributed by atoms with van der Waals surface area (Å²) in [6.45, 7) is 50.6. The first kappa shape index (κ1) is 73.2. The Morgan fingerprint density at radius 2 is 0.420 bits per heavy atom. The monoisotopic (exact) mass is 981 g/mol. The van der Waals surface area contributed by atoms with Crippen molar-refractivity contribution in [2.24, 2.45) is 43.3 Å². The fourth-order valence-corrected chi connectivity index (χ4v) is 13.1. The summed E-state index contributed by atoms with van der Waals surface area (Å²) in [5.74, 6) is 0. The lowest BCUT2D eigenvalue weighted by Crippen LogP contribution is -2.56. The predicted molar refractivity (Wildman–Crippen MR) is 329 cm³/mol. The van der Waals surface area contributed by atoms with Gasteiger partial charge < -0.3 is 0 Å². The van der Waals surface area contributed by atoms with Crippen LogP contribution in [-0.2, 0) is 0 Å². The molecule has 0 N–H and O–H groups in total. The summed E-state index contributed by atoms with van der Waals surface area (Å²) in [7, 11) is 0. The van der Waals surface area contributed by atoms with Gasteiger partial charge in [-0.1, -0.05) is 351 Å². The molecule has 3 saturated carbocycles. The van der Waals surface area contributed by atoms with E-state index in [4.69, 9.17) is 0 Å². The van der Waals surface area contributed by atoms with Gasteiger partial charge in [0.2, 0.25) is 0 Å². The van der Waals surface area contributed by atoms with E-state index < -0.39 is 0 Å². The Hall–Kier alpha value is 0. The van der Waals surface area contributed by atoms with Crippen LogP contribution in [0.25, 0.3) is 0 Å². The summed E-state index contributed by atoms with van der Waals surface area (Å²) in [5, 5.41) is 0. The van der Waals surface area contributed by atoms with E-state index in [9.17, 15) is 0 Å². The standard InChI is InChI=1S/2C28H58.3C4H8.CH4.2H2/c2*1-11-16-20-21-25(6,7)27(9,23-18-13-3)28(10,24-19-14-4)26(8,15-5)22-17-12-2;3*1-2-4-3-1;;;/h2*11-24H2,1-10H3;3*1-4H2;1H4;2*1H/i;;;;;;2*1+2. The first-order chi connectivity index (χ1) is 32.1. The van der Waals surface area contributed by atoms with E-state index in [0.29, 0.717) is 43.3 Å². The van der Waals surface area contributed by atoms with Gasteiger partial charge in [-0.25, -0.2) is 0 Å². The zero-order valence-corrected chi connectivity index (χ0v) is 52.3. The summed E-state index contributed by atoms with van der Waals surface area (Å²) in [5.41, 5.74) is 3.21. The second kappa shape index (κ2) is 39.4. The van der Waals surface area contributed by atoms with Gasteiger partial charge in [0, 0.05) is 2.85 Å². The van der Waals surface area contributed by atoms with E-state index in [1.54, 1.807) is 0 Å². The third-order valence-electron chi connectivity index (χ3n) is 21.7. The van der Waals surface area contributed by atoms with E-state index in [1.807, 2.05) is 0 Å². The molecule has 0 radical (unpaired) electrons. The van der Waals surface area contributed by atoms with Gasteiger partial charge in [0.25, 0.3) is 0 Å². The fourth-order valence-electron chi connectivity index (χ4n) is 13.1. The molecule has 0 nitrogen and oxygen atoms in total. The van der Waals surface area contributed by atoms with Gasteiger partial charge in [0.1, 0.15) is 0 Å². The third-order valence-corrected chi connectivity index (χ3v) is 21.7. The predicted octanol–water partition coefficient (Wildman–Crippen LogP) is 27.0. The van der Waals surface area contributed by atoms with Gasteiger partial charge in [-0.15, -0.1) is 0 Å². The Morgan fingerprint density at radius 3 is 0.594 bits per heavy atom. The lowest BCUT2D eigenvalue weighted by atomic mass is 9.41. The van der Waals surface area contributed by atoms with E-state index in [1.165, 1.54) is 257 Å². The van der Waals surface area contributed by atoms with Gasteiger partial charge in [0.05, 0.1) is 0 Å². The van der Waals surface area contributed by atoms with Crippen LogP contribution < -0.4 is 0 Å². The average molecular weight is 982 g/mol. The quantitative estimate of drug-likeness (QED) is 0.0564. The van der Waals surface area contributed by atoms with Crippen LogP contribution in [-0.4, -0.2) is 0 Å². The zero-order valence-electron chi connectivity index (χ0n) is 52.3. The van der Waals surface area contributed by atoms with Crippen LogP contribution in [0.3, 0.4) is 0 Å². The highest BCUT2D eigenvalue weighted by molar-refractivity contribution is 5.09. The van der Waals surface area contributed by atoms with Crippen molar-refractivity contribution in [3.05, 3.63) is 0 Å². The largest absolute Gasteiger partial charge is 0.0776 e. The molecule has 69 heavy (non-hydrogen) atoms. The van der Waals surface area contributed by atoms with Crippen molar-refractivity contribution in [1.29, 1.82) is 0 Å². The lowest BCUT2D eigenvalue weighted by Gasteiger charge is -2.63. The Balaban J connectivity index is -0.000000316. The number of hydrogen-bond acceptors (Lipinski definition) is 0. The van der Waals surface area contributed by atoms with Gasteiger partial charge >= 0.3 is 0 Å². The fraction of sp³-hybridized carbons (Fsp3) is 1.00. The Bertz CT molecular complexity index is 1020. The van der Waals surface area contributed by atoms with E-state index in [2.05, 4.69) is 138 Å². The number of hydrogen-bond donors (Lipinski definition) is 0. The summed E-state index contributed by atoms with van der Waals surface area (Å²) in [4.78, 5) is 0. The highest BCUT2D eigenvalue weighted by Crippen LogP contribution is 2.68. The van der Waals surface area contributed by atoms with Crippen LogP contribution in [0.5, 0.6) is 0 Å². The smallest absolute Gasteiger partial charge is 0 e. The van der Waals surface area contributed by atoms with E-state index in [-0.39, 0.29) is 10.3 Å². The van der Waals surface area contributed by atoms with Gasteiger partial charge in [-0.3, -0.25) is 0 Å². The van der Waals surface area contributed by atoms with Gasteiger partial charge in [0.15, 0.2) is 0 Å². The maximum Gasteiger partial charge on any atom is 0 e. The van der Waals surface area contributed by atoms with Crippen molar-refractivity contribution in [3.8, 4) is 0 Å². The molecular weight excluding hydrogens is 829 g/mol. The first-order valence-corrected chi connectivity index (χ1v) is 32.1. The maximum absolute atomic E-state index is 2.72. The Labute approximate surface area is 447 Å². The van der Waals surface area contributed by atoms with Crippen molar-refractivity contribution in [3.63, 3.8) is 0 Å². The first-order valence-electron chi connectivity index (χ1n) is 32.1. The van der Waals surface area contributed by atoms with Crippen molar-refractivity contribution >= 4 is 0 Å². The molecule has 0 aromatic heterocycles. The van der Waals surface area contributed by atoms with Crippen LogP contribution in [0, 0.1) is 43.3 Å². The van der Waals surface area contributed by atoms with Crippen LogP contribution in [0.2, 0.25) is 0 Å². The molecule has 0 aliphatic heterocycles. The highest BCUT2D eigenvalue weighted by Gasteiger charge is 2.60.